The highest BCUT2D eigenvalue weighted by Gasteiger charge is 2.57. The first kappa shape index (κ1) is 14.2. The Balaban J connectivity index is 1.32. The van der Waals surface area contributed by atoms with E-state index in [2.05, 4.69) is 41.5 Å². The van der Waals surface area contributed by atoms with Gasteiger partial charge in [-0.3, -0.25) is 4.79 Å². The number of amides is 1. The van der Waals surface area contributed by atoms with Gasteiger partial charge in [-0.2, -0.15) is 0 Å². The standard InChI is InChI=1S/C18H25N3O/c1-20-8-10-21(11-9-20)17(22)13-19-16-12-18(16)7-6-14-4-2-3-5-15(14)18/h2-5,16,19H,6-13H2,1H3. The smallest absolute Gasteiger partial charge is 0.236 e. The molecule has 0 aromatic heterocycles. The molecular formula is C18H25N3O. The van der Waals surface area contributed by atoms with E-state index in [-0.39, 0.29) is 5.91 Å². The Kier molecular flexibility index (Phi) is 3.46. The van der Waals surface area contributed by atoms with Crippen LogP contribution in [0.1, 0.15) is 24.0 Å². The van der Waals surface area contributed by atoms with E-state index in [0.29, 0.717) is 18.0 Å². The van der Waals surface area contributed by atoms with Gasteiger partial charge in [0.1, 0.15) is 0 Å². The monoisotopic (exact) mass is 299 g/mol. The zero-order valence-corrected chi connectivity index (χ0v) is 13.3. The lowest BCUT2D eigenvalue weighted by atomic mass is 9.97. The number of nitrogens with zero attached hydrogens (tertiary/aromatic N) is 2. The molecule has 22 heavy (non-hydrogen) atoms. The van der Waals surface area contributed by atoms with E-state index in [4.69, 9.17) is 0 Å². The lowest BCUT2D eigenvalue weighted by Crippen LogP contribution is -2.50. The summed E-state index contributed by atoms with van der Waals surface area (Å²) < 4.78 is 0. The summed E-state index contributed by atoms with van der Waals surface area (Å²) in [7, 11) is 2.12. The van der Waals surface area contributed by atoms with Crippen molar-refractivity contribution in [3.05, 3.63) is 35.4 Å². The first-order valence-electron chi connectivity index (χ1n) is 8.47. The van der Waals surface area contributed by atoms with E-state index in [9.17, 15) is 4.79 Å². The minimum atomic E-state index is 0.265. The Morgan fingerprint density at radius 1 is 1.27 bits per heavy atom. The van der Waals surface area contributed by atoms with Crippen LogP contribution < -0.4 is 5.32 Å². The first-order chi connectivity index (χ1) is 10.7. The molecule has 2 aliphatic carbocycles. The molecular weight excluding hydrogens is 274 g/mol. The normalized spacial score (nSPS) is 30.6. The van der Waals surface area contributed by atoms with E-state index in [1.165, 1.54) is 30.4 Å². The van der Waals surface area contributed by atoms with E-state index in [1.807, 2.05) is 4.90 Å². The minimum Gasteiger partial charge on any atom is -0.339 e. The maximum Gasteiger partial charge on any atom is 0.236 e. The molecule has 1 saturated heterocycles. The molecule has 1 aromatic carbocycles. The minimum absolute atomic E-state index is 0.265. The molecule has 118 valence electrons. The fourth-order valence-electron chi connectivity index (χ4n) is 4.24. The predicted molar refractivity (Wildman–Crippen MR) is 86.9 cm³/mol. The summed E-state index contributed by atoms with van der Waals surface area (Å²) in [6.45, 7) is 4.22. The van der Waals surface area contributed by atoms with Crippen molar-refractivity contribution >= 4 is 5.91 Å². The summed E-state index contributed by atoms with van der Waals surface area (Å²) in [4.78, 5) is 16.6. The number of carbonyl (C=O) groups excluding carboxylic acids is 1. The third kappa shape index (κ3) is 2.34. The highest BCUT2D eigenvalue weighted by molar-refractivity contribution is 5.78. The number of benzene rings is 1. The van der Waals surface area contributed by atoms with Gasteiger partial charge in [0.25, 0.3) is 0 Å². The zero-order valence-electron chi connectivity index (χ0n) is 13.3. The summed E-state index contributed by atoms with van der Waals surface area (Å²) in [6.07, 6.45) is 3.63. The van der Waals surface area contributed by atoms with Crippen LogP contribution in [0.25, 0.3) is 0 Å². The van der Waals surface area contributed by atoms with Gasteiger partial charge in [0.05, 0.1) is 6.54 Å². The summed E-state index contributed by atoms with van der Waals surface area (Å²) in [5.41, 5.74) is 3.37. The van der Waals surface area contributed by atoms with Gasteiger partial charge in [0.2, 0.25) is 5.91 Å². The first-order valence-corrected chi connectivity index (χ1v) is 8.47. The molecule has 2 unspecified atom stereocenters. The van der Waals surface area contributed by atoms with Crippen molar-refractivity contribution in [2.75, 3.05) is 39.8 Å². The Bertz CT molecular complexity index is 579. The Morgan fingerprint density at radius 2 is 2.05 bits per heavy atom. The molecule has 1 saturated carbocycles. The van der Waals surface area contributed by atoms with Crippen LogP contribution in [0, 0.1) is 0 Å². The van der Waals surface area contributed by atoms with E-state index < -0.39 is 0 Å². The van der Waals surface area contributed by atoms with Gasteiger partial charge in [0, 0.05) is 37.6 Å². The van der Waals surface area contributed by atoms with Crippen molar-refractivity contribution in [3.8, 4) is 0 Å². The third-order valence-corrected chi connectivity index (χ3v) is 5.83. The summed E-state index contributed by atoms with van der Waals surface area (Å²) in [5, 5.41) is 3.53. The second kappa shape index (κ2) is 5.36. The molecule has 4 nitrogen and oxygen atoms in total. The Labute approximate surface area is 132 Å². The fourth-order valence-corrected chi connectivity index (χ4v) is 4.24. The molecule has 3 aliphatic rings. The molecule has 4 rings (SSSR count). The molecule has 1 aromatic rings. The number of piperazine rings is 1. The average Bonchev–Trinajstić information content (AvgIpc) is 3.13. The van der Waals surface area contributed by atoms with Gasteiger partial charge >= 0.3 is 0 Å². The molecule has 1 aliphatic heterocycles. The van der Waals surface area contributed by atoms with Crippen molar-refractivity contribution in [1.29, 1.82) is 0 Å². The number of likely N-dealkylation sites (N-methyl/N-ethyl adjacent to an activating group) is 1. The maximum absolute atomic E-state index is 12.3. The quantitative estimate of drug-likeness (QED) is 0.905. The number of hydrogen-bond donors (Lipinski definition) is 1. The highest BCUT2D eigenvalue weighted by Crippen LogP contribution is 2.56. The molecule has 2 atom stereocenters. The van der Waals surface area contributed by atoms with Crippen LogP contribution in [0.2, 0.25) is 0 Å². The number of hydrogen-bond acceptors (Lipinski definition) is 3. The highest BCUT2D eigenvalue weighted by atomic mass is 16.2. The van der Waals surface area contributed by atoms with Crippen LogP contribution in [-0.2, 0) is 16.6 Å². The number of aryl methyl sites for hydroxylation is 1. The fraction of sp³-hybridized carbons (Fsp3) is 0.611. The van der Waals surface area contributed by atoms with Gasteiger partial charge in [-0.15, -0.1) is 0 Å². The molecule has 2 fully saturated rings. The lowest BCUT2D eigenvalue weighted by molar-refractivity contribution is -0.131. The van der Waals surface area contributed by atoms with E-state index >= 15 is 0 Å². The molecule has 1 N–H and O–H groups in total. The molecule has 0 radical (unpaired) electrons. The number of rotatable bonds is 3. The van der Waals surface area contributed by atoms with E-state index in [0.717, 1.165) is 26.2 Å². The third-order valence-electron chi connectivity index (χ3n) is 5.83. The van der Waals surface area contributed by atoms with Crippen LogP contribution in [-0.4, -0.2) is 61.5 Å². The largest absolute Gasteiger partial charge is 0.339 e. The van der Waals surface area contributed by atoms with Crippen molar-refractivity contribution in [2.24, 2.45) is 0 Å². The second-order valence-corrected chi connectivity index (χ2v) is 7.13. The summed E-state index contributed by atoms with van der Waals surface area (Å²) in [5.74, 6) is 0.265. The second-order valence-electron chi connectivity index (χ2n) is 7.13. The number of fused-ring (bicyclic) bond motifs is 2. The lowest BCUT2D eigenvalue weighted by Gasteiger charge is -2.32. The Hall–Kier alpha value is -1.39. The van der Waals surface area contributed by atoms with Crippen molar-refractivity contribution in [3.63, 3.8) is 0 Å². The average molecular weight is 299 g/mol. The van der Waals surface area contributed by atoms with Gasteiger partial charge in [-0.25, -0.2) is 0 Å². The summed E-state index contributed by atoms with van der Waals surface area (Å²) in [6, 6.07) is 9.32. The van der Waals surface area contributed by atoms with Gasteiger partial charge in [-0.1, -0.05) is 24.3 Å². The number of nitrogens with one attached hydrogen (secondary N) is 1. The van der Waals surface area contributed by atoms with Crippen molar-refractivity contribution < 1.29 is 4.79 Å². The molecule has 0 bridgehead atoms. The topological polar surface area (TPSA) is 35.6 Å². The predicted octanol–water partition coefficient (Wildman–Crippen LogP) is 1.01. The van der Waals surface area contributed by atoms with Crippen molar-refractivity contribution in [1.82, 2.24) is 15.1 Å². The van der Waals surface area contributed by atoms with Gasteiger partial charge in [-0.05, 0) is 37.4 Å². The molecule has 1 amide bonds. The maximum atomic E-state index is 12.3. The van der Waals surface area contributed by atoms with Crippen LogP contribution in [0.3, 0.4) is 0 Å². The summed E-state index contributed by atoms with van der Waals surface area (Å²) >= 11 is 0. The van der Waals surface area contributed by atoms with Gasteiger partial charge in [0.15, 0.2) is 0 Å². The van der Waals surface area contributed by atoms with Crippen LogP contribution >= 0.6 is 0 Å². The molecule has 4 heteroatoms. The Morgan fingerprint density at radius 3 is 2.86 bits per heavy atom. The molecule has 1 heterocycles. The van der Waals surface area contributed by atoms with Crippen molar-refractivity contribution in [2.45, 2.75) is 30.7 Å². The van der Waals surface area contributed by atoms with E-state index in [1.54, 1.807) is 0 Å². The van der Waals surface area contributed by atoms with Crippen LogP contribution in [0.4, 0.5) is 0 Å². The SMILES string of the molecule is CN1CCN(C(=O)CNC2CC23CCc2ccccc23)CC1. The molecule has 1 spiro atoms. The zero-order chi connectivity index (χ0) is 15.2. The van der Waals surface area contributed by atoms with Crippen LogP contribution in [0.15, 0.2) is 24.3 Å². The van der Waals surface area contributed by atoms with Gasteiger partial charge < -0.3 is 15.1 Å². The van der Waals surface area contributed by atoms with Crippen LogP contribution in [0.5, 0.6) is 0 Å². The number of carbonyl (C=O) groups is 1.